The maximum absolute atomic E-state index is 12.3. The Morgan fingerprint density at radius 1 is 1.37 bits per heavy atom. The van der Waals surface area contributed by atoms with Crippen molar-refractivity contribution in [1.82, 2.24) is 4.90 Å². The Kier molecular flexibility index (Phi) is 3.95. The molecular weight excluding hydrogens is 270 g/mol. The summed E-state index contributed by atoms with van der Waals surface area (Å²) in [7, 11) is 0. The Balaban J connectivity index is 2.21. The van der Waals surface area contributed by atoms with Crippen molar-refractivity contribution in [3.05, 3.63) is 28.8 Å². The van der Waals surface area contributed by atoms with Gasteiger partial charge < -0.3 is 15.1 Å². The van der Waals surface area contributed by atoms with E-state index in [4.69, 9.17) is 16.7 Å². The summed E-state index contributed by atoms with van der Waals surface area (Å²) >= 11 is 5.92. The Morgan fingerprint density at radius 2 is 2.05 bits per heavy atom. The largest absolute Gasteiger partial charge is 0.508 e. The minimum atomic E-state index is -1.06. The predicted octanol–water partition coefficient (Wildman–Crippen LogP) is 1.98. The molecule has 0 atom stereocenters. The maximum atomic E-state index is 12.3. The van der Waals surface area contributed by atoms with Gasteiger partial charge in [0.1, 0.15) is 12.3 Å². The number of carboxylic acid groups (broad SMARTS) is 1. The molecule has 0 unspecified atom stereocenters. The predicted molar refractivity (Wildman–Crippen MR) is 69.4 cm³/mol. The van der Waals surface area contributed by atoms with Crippen molar-refractivity contribution in [2.45, 2.75) is 12.8 Å². The number of aromatic hydroxyl groups is 1. The number of phenolic OH excluding ortho intramolecular Hbond substituents is 1. The second-order valence-electron chi connectivity index (χ2n) is 4.69. The molecule has 1 aliphatic rings. The lowest BCUT2D eigenvalue weighted by molar-refractivity contribution is -0.137. The van der Waals surface area contributed by atoms with E-state index in [-0.39, 0.29) is 22.9 Å². The minimum Gasteiger partial charge on any atom is -0.508 e. The summed E-state index contributed by atoms with van der Waals surface area (Å²) in [5.41, 5.74) is 0.128. The van der Waals surface area contributed by atoms with Crippen molar-refractivity contribution in [1.29, 1.82) is 0 Å². The minimum absolute atomic E-state index is 0.0746. The van der Waals surface area contributed by atoms with E-state index in [9.17, 15) is 14.7 Å². The van der Waals surface area contributed by atoms with Gasteiger partial charge in [0.2, 0.25) is 0 Å². The van der Waals surface area contributed by atoms with Crippen molar-refractivity contribution >= 4 is 23.5 Å². The van der Waals surface area contributed by atoms with Gasteiger partial charge in [0, 0.05) is 6.54 Å². The van der Waals surface area contributed by atoms with Gasteiger partial charge in [-0.15, -0.1) is 0 Å². The van der Waals surface area contributed by atoms with E-state index in [0.717, 1.165) is 12.8 Å². The van der Waals surface area contributed by atoms with E-state index >= 15 is 0 Å². The van der Waals surface area contributed by atoms with Crippen LogP contribution >= 0.6 is 11.6 Å². The highest BCUT2D eigenvalue weighted by molar-refractivity contribution is 6.33. The normalized spacial score (nSPS) is 14.2. The lowest BCUT2D eigenvalue weighted by atomic mass is 10.1. The summed E-state index contributed by atoms with van der Waals surface area (Å²) in [5.74, 6) is -1.23. The average Bonchev–Trinajstić information content (AvgIpc) is 3.14. The molecule has 1 aromatic rings. The summed E-state index contributed by atoms with van der Waals surface area (Å²) in [6.07, 6.45) is 2.02. The molecule has 19 heavy (non-hydrogen) atoms. The van der Waals surface area contributed by atoms with Crippen LogP contribution in [0.3, 0.4) is 0 Å². The number of hydrogen-bond acceptors (Lipinski definition) is 3. The first kappa shape index (κ1) is 13.7. The van der Waals surface area contributed by atoms with Crippen LogP contribution in [0.15, 0.2) is 18.2 Å². The van der Waals surface area contributed by atoms with E-state index in [1.54, 1.807) is 0 Å². The van der Waals surface area contributed by atoms with Crippen LogP contribution in [-0.4, -0.2) is 40.1 Å². The van der Waals surface area contributed by atoms with E-state index in [1.165, 1.54) is 23.1 Å². The van der Waals surface area contributed by atoms with Gasteiger partial charge in [-0.05, 0) is 37.0 Å². The van der Waals surface area contributed by atoms with Crippen LogP contribution in [0, 0.1) is 5.92 Å². The molecule has 6 heteroatoms. The van der Waals surface area contributed by atoms with Crippen LogP contribution in [-0.2, 0) is 4.79 Å². The SMILES string of the molecule is O=C(O)CN(CC1CC1)C(=O)c1cc(O)ccc1Cl. The molecule has 2 N–H and O–H groups in total. The third kappa shape index (κ3) is 3.61. The molecule has 1 fully saturated rings. The number of benzene rings is 1. The van der Waals surface area contributed by atoms with E-state index < -0.39 is 11.9 Å². The molecule has 0 saturated heterocycles. The summed E-state index contributed by atoms with van der Waals surface area (Å²) in [6, 6.07) is 4.05. The first-order valence-corrected chi connectivity index (χ1v) is 6.34. The van der Waals surface area contributed by atoms with Crippen LogP contribution in [0.2, 0.25) is 5.02 Å². The first-order chi connectivity index (χ1) is 8.97. The number of aliphatic carboxylic acids is 1. The number of phenols is 1. The number of amides is 1. The van der Waals surface area contributed by atoms with Crippen molar-refractivity contribution in [2.24, 2.45) is 5.92 Å². The molecule has 0 bridgehead atoms. The number of rotatable bonds is 5. The van der Waals surface area contributed by atoms with Crippen molar-refractivity contribution in [3.8, 4) is 5.75 Å². The fourth-order valence-corrected chi connectivity index (χ4v) is 2.04. The quantitative estimate of drug-likeness (QED) is 0.866. The van der Waals surface area contributed by atoms with Crippen molar-refractivity contribution < 1.29 is 19.8 Å². The highest BCUT2D eigenvalue weighted by Crippen LogP contribution is 2.31. The number of hydrogen-bond donors (Lipinski definition) is 2. The smallest absolute Gasteiger partial charge is 0.323 e. The second kappa shape index (κ2) is 5.48. The fourth-order valence-electron chi connectivity index (χ4n) is 1.84. The van der Waals surface area contributed by atoms with Gasteiger partial charge in [-0.2, -0.15) is 0 Å². The molecule has 0 spiro atoms. The lowest BCUT2D eigenvalue weighted by Crippen LogP contribution is -2.37. The molecule has 0 aliphatic heterocycles. The summed E-state index contributed by atoms with van der Waals surface area (Å²) in [5, 5.41) is 18.5. The maximum Gasteiger partial charge on any atom is 0.323 e. The van der Waals surface area contributed by atoms with Crippen molar-refractivity contribution in [3.63, 3.8) is 0 Å². The van der Waals surface area contributed by atoms with E-state index in [0.29, 0.717) is 12.5 Å². The van der Waals surface area contributed by atoms with Crippen molar-refractivity contribution in [2.75, 3.05) is 13.1 Å². The van der Waals surface area contributed by atoms with Crippen LogP contribution < -0.4 is 0 Å². The number of carboxylic acids is 1. The van der Waals surface area contributed by atoms with Gasteiger partial charge in [-0.25, -0.2) is 0 Å². The molecule has 0 radical (unpaired) electrons. The van der Waals surface area contributed by atoms with Gasteiger partial charge in [-0.1, -0.05) is 11.6 Å². The molecule has 1 aliphatic carbocycles. The number of halogens is 1. The van der Waals surface area contributed by atoms with Crippen LogP contribution in [0.5, 0.6) is 5.75 Å². The standard InChI is InChI=1S/C13H14ClNO4/c14-11-4-3-9(16)5-10(11)13(19)15(7-12(17)18)6-8-1-2-8/h3-5,8,16H,1-2,6-7H2,(H,17,18). The molecule has 102 valence electrons. The van der Waals surface area contributed by atoms with Gasteiger partial charge in [0.15, 0.2) is 0 Å². The zero-order chi connectivity index (χ0) is 14.0. The highest BCUT2D eigenvalue weighted by Gasteiger charge is 2.29. The molecule has 0 heterocycles. The molecular formula is C13H14ClNO4. The molecule has 1 amide bonds. The molecule has 0 aromatic heterocycles. The second-order valence-corrected chi connectivity index (χ2v) is 5.09. The number of carbonyl (C=O) groups is 2. The summed E-state index contributed by atoms with van der Waals surface area (Å²) < 4.78 is 0. The summed E-state index contributed by atoms with van der Waals surface area (Å²) in [4.78, 5) is 24.4. The Bertz CT molecular complexity index is 513. The number of nitrogens with zero attached hydrogens (tertiary/aromatic N) is 1. The Morgan fingerprint density at radius 3 is 2.63 bits per heavy atom. The van der Waals surface area contributed by atoms with E-state index in [1.807, 2.05) is 0 Å². The third-order valence-corrected chi connectivity index (χ3v) is 3.30. The zero-order valence-electron chi connectivity index (χ0n) is 10.2. The number of carbonyl (C=O) groups excluding carboxylic acids is 1. The monoisotopic (exact) mass is 283 g/mol. The Labute approximate surface area is 115 Å². The average molecular weight is 284 g/mol. The molecule has 2 rings (SSSR count). The van der Waals surface area contributed by atoms with Gasteiger partial charge in [0.05, 0.1) is 10.6 Å². The van der Waals surface area contributed by atoms with Gasteiger partial charge >= 0.3 is 5.97 Å². The fraction of sp³-hybridized carbons (Fsp3) is 0.385. The van der Waals surface area contributed by atoms with Crippen LogP contribution in [0.25, 0.3) is 0 Å². The highest BCUT2D eigenvalue weighted by atomic mass is 35.5. The van der Waals surface area contributed by atoms with Gasteiger partial charge in [-0.3, -0.25) is 9.59 Å². The molecule has 1 aromatic carbocycles. The lowest BCUT2D eigenvalue weighted by Gasteiger charge is -2.21. The Hall–Kier alpha value is -1.75. The van der Waals surface area contributed by atoms with Crippen LogP contribution in [0.1, 0.15) is 23.2 Å². The van der Waals surface area contributed by atoms with Crippen LogP contribution in [0.4, 0.5) is 0 Å². The summed E-state index contributed by atoms with van der Waals surface area (Å²) in [6.45, 7) is 0.0540. The zero-order valence-corrected chi connectivity index (χ0v) is 10.9. The third-order valence-electron chi connectivity index (χ3n) is 2.97. The van der Waals surface area contributed by atoms with Gasteiger partial charge in [0.25, 0.3) is 5.91 Å². The molecule has 1 saturated carbocycles. The van der Waals surface area contributed by atoms with E-state index in [2.05, 4.69) is 0 Å². The topological polar surface area (TPSA) is 77.8 Å². The first-order valence-electron chi connectivity index (χ1n) is 5.97. The molecule has 5 nitrogen and oxygen atoms in total.